The summed E-state index contributed by atoms with van der Waals surface area (Å²) in [4.78, 5) is 15.1. The van der Waals surface area contributed by atoms with Gasteiger partial charge in [0.25, 0.3) is 0 Å². The Kier molecular flexibility index (Phi) is 7.12. The predicted octanol–water partition coefficient (Wildman–Crippen LogP) is 10.3. The minimum absolute atomic E-state index is 0. The Morgan fingerprint density at radius 2 is 1.40 bits per heavy atom. The number of benzene rings is 5. The van der Waals surface area contributed by atoms with E-state index in [2.05, 4.69) is 146 Å². The second kappa shape index (κ2) is 11.5. The fourth-order valence-electron chi connectivity index (χ4n) is 6.74. The molecule has 0 fully saturated rings. The molecule has 0 atom stereocenters. The molecule has 9 aromatic rings. The van der Waals surface area contributed by atoms with Crippen molar-refractivity contribution in [3.63, 3.8) is 0 Å². The Balaban J connectivity index is 0.00000324. The molecule has 0 saturated carbocycles. The van der Waals surface area contributed by atoms with E-state index < -0.39 is 0 Å². The fourth-order valence-corrected chi connectivity index (χ4v) is 6.74. The zero-order chi connectivity index (χ0) is 30.8. The average molecular weight is 784 g/mol. The van der Waals surface area contributed by atoms with Crippen molar-refractivity contribution >= 4 is 43.6 Å². The molecule has 0 aliphatic carbocycles. The Morgan fingerprint density at radius 1 is 0.638 bits per heavy atom. The molecule has 5 heteroatoms. The molecule has 9 rings (SSSR count). The van der Waals surface area contributed by atoms with Crippen LogP contribution in [0.25, 0.3) is 82.9 Å². The molecule has 0 saturated heterocycles. The monoisotopic (exact) mass is 783 g/mol. The Hall–Kier alpha value is -5.31. The van der Waals surface area contributed by atoms with Crippen LogP contribution in [0.1, 0.15) is 11.3 Å². The second-order valence-corrected chi connectivity index (χ2v) is 11.9. The van der Waals surface area contributed by atoms with Gasteiger partial charge in [0.2, 0.25) is 0 Å². The van der Waals surface area contributed by atoms with E-state index in [1.54, 1.807) is 0 Å². The maximum absolute atomic E-state index is 5.30. The molecule has 0 unspecified atom stereocenters. The third-order valence-corrected chi connectivity index (χ3v) is 9.18. The van der Waals surface area contributed by atoms with Gasteiger partial charge in [-0.15, -0.1) is 35.3 Å². The maximum atomic E-state index is 5.30. The van der Waals surface area contributed by atoms with Crippen molar-refractivity contribution < 1.29 is 21.1 Å². The van der Waals surface area contributed by atoms with Gasteiger partial charge in [0.15, 0.2) is 0 Å². The summed E-state index contributed by atoms with van der Waals surface area (Å²) >= 11 is 0. The number of aromatic nitrogens is 4. The van der Waals surface area contributed by atoms with Gasteiger partial charge in [-0.1, -0.05) is 91.3 Å². The Labute approximate surface area is 287 Å². The van der Waals surface area contributed by atoms with E-state index in [0.717, 1.165) is 67.1 Å². The summed E-state index contributed by atoms with van der Waals surface area (Å²) < 4.78 is 2.20. The first-order valence-corrected chi connectivity index (χ1v) is 15.5. The van der Waals surface area contributed by atoms with Crippen LogP contribution in [0, 0.1) is 19.9 Å². The predicted molar refractivity (Wildman–Crippen MR) is 189 cm³/mol. The normalized spacial score (nSPS) is 11.4. The number of aryl methyl sites for hydroxylation is 2. The fraction of sp³-hybridized carbons (Fsp3) is 0.0476. The number of para-hydroxylation sites is 2. The first-order chi connectivity index (χ1) is 22.6. The van der Waals surface area contributed by atoms with E-state index in [4.69, 9.17) is 15.0 Å². The average Bonchev–Trinajstić information content (AvgIpc) is 3.61. The summed E-state index contributed by atoms with van der Waals surface area (Å²) in [7, 11) is 0. The standard InChI is InChI=1S/C42H28N4.Pt/c1-26-27(2)44-41-34(26)15-8-16-37(41)39-25-32(30-20-19-28-10-3-4-11-29(28)22-30)24-38(45-39)31-12-7-13-33(23-31)46-40-18-6-5-14-35(40)36-17-9-21-43-42(36)46;/h3-22,24-25H,1-2H3;/q-2;+2. The number of rotatable bonds is 4. The molecule has 4 nitrogen and oxygen atoms in total. The van der Waals surface area contributed by atoms with Crippen molar-refractivity contribution in [3.05, 3.63) is 151 Å². The zero-order valence-electron chi connectivity index (χ0n) is 25.8. The summed E-state index contributed by atoms with van der Waals surface area (Å²) in [5, 5.41) is 5.89. The van der Waals surface area contributed by atoms with E-state index in [-0.39, 0.29) is 21.1 Å². The van der Waals surface area contributed by atoms with Crippen molar-refractivity contribution in [2.75, 3.05) is 0 Å². The molecule has 47 heavy (non-hydrogen) atoms. The third-order valence-electron chi connectivity index (χ3n) is 9.18. The summed E-state index contributed by atoms with van der Waals surface area (Å²) in [5.74, 6) is 0. The first-order valence-electron chi connectivity index (χ1n) is 15.5. The molecule has 0 radical (unpaired) electrons. The molecule has 5 aromatic carbocycles. The van der Waals surface area contributed by atoms with Crippen molar-refractivity contribution in [1.29, 1.82) is 0 Å². The van der Waals surface area contributed by atoms with Crippen molar-refractivity contribution in [3.8, 4) is 39.3 Å². The van der Waals surface area contributed by atoms with Gasteiger partial charge in [-0.3, -0.25) is 4.98 Å². The Morgan fingerprint density at radius 3 is 2.32 bits per heavy atom. The molecule has 0 N–H and O–H groups in total. The van der Waals surface area contributed by atoms with Crippen LogP contribution < -0.4 is 4.98 Å². The van der Waals surface area contributed by atoms with Crippen LogP contribution in [0.2, 0.25) is 0 Å². The van der Waals surface area contributed by atoms with E-state index in [9.17, 15) is 0 Å². The molecule has 0 aliphatic heterocycles. The first kappa shape index (κ1) is 29.1. The van der Waals surface area contributed by atoms with Gasteiger partial charge >= 0.3 is 21.1 Å². The summed E-state index contributed by atoms with van der Waals surface area (Å²) in [6, 6.07) is 48.5. The van der Waals surface area contributed by atoms with Crippen molar-refractivity contribution in [1.82, 2.24) is 19.5 Å². The number of nitrogens with zero attached hydrogens (tertiary/aromatic N) is 4. The molecular formula is C42H28N4Pt. The van der Waals surface area contributed by atoms with Gasteiger partial charge in [0.1, 0.15) is 5.65 Å². The van der Waals surface area contributed by atoms with Gasteiger partial charge < -0.3 is 9.55 Å². The minimum Gasteiger partial charge on any atom is -0.660 e. The molecule has 4 heterocycles. The smallest absolute Gasteiger partial charge is 0.660 e. The van der Waals surface area contributed by atoms with Crippen LogP contribution >= 0.6 is 0 Å². The van der Waals surface area contributed by atoms with Crippen LogP contribution in [-0.2, 0) is 21.1 Å². The van der Waals surface area contributed by atoms with Crippen LogP contribution in [0.4, 0.5) is 0 Å². The topological polar surface area (TPSA) is 44.8 Å². The minimum atomic E-state index is 0. The van der Waals surface area contributed by atoms with Crippen LogP contribution in [0.3, 0.4) is 0 Å². The molecule has 4 aromatic heterocycles. The number of hydrogen-bond donors (Lipinski definition) is 0. The number of pyridine rings is 2. The van der Waals surface area contributed by atoms with Crippen LogP contribution in [-0.4, -0.2) is 14.5 Å². The quantitative estimate of drug-likeness (QED) is 0.167. The summed E-state index contributed by atoms with van der Waals surface area (Å²) in [6.45, 7) is 4.22. The Bertz CT molecular complexity index is 2570. The third kappa shape index (κ3) is 4.80. The molecule has 226 valence electrons. The maximum Gasteiger partial charge on any atom is 2.00 e. The van der Waals surface area contributed by atoms with Gasteiger partial charge in [-0.05, 0) is 81.5 Å². The van der Waals surface area contributed by atoms with E-state index in [1.165, 1.54) is 27.1 Å². The van der Waals surface area contributed by atoms with Crippen LogP contribution in [0.15, 0.2) is 134 Å². The van der Waals surface area contributed by atoms with E-state index >= 15 is 0 Å². The molecule has 0 spiro atoms. The molecule has 0 amide bonds. The van der Waals surface area contributed by atoms with Crippen molar-refractivity contribution in [2.45, 2.75) is 13.8 Å². The second-order valence-electron chi connectivity index (χ2n) is 11.9. The largest absolute Gasteiger partial charge is 2.00 e. The van der Waals surface area contributed by atoms with Gasteiger partial charge in [0, 0.05) is 17.0 Å². The van der Waals surface area contributed by atoms with E-state index in [1.807, 2.05) is 12.3 Å². The van der Waals surface area contributed by atoms with Crippen LogP contribution in [0.5, 0.6) is 0 Å². The van der Waals surface area contributed by atoms with Gasteiger partial charge in [-0.2, -0.15) is 5.69 Å². The number of fused-ring (bicyclic) bond motifs is 5. The molecular weight excluding hydrogens is 756 g/mol. The summed E-state index contributed by atoms with van der Waals surface area (Å²) in [5.41, 5.74) is 12.1. The molecule has 0 aliphatic rings. The zero-order valence-corrected chi connectivity index (χ0v) is 28.1. The van der Waals surface area contributed by atoms with Gasteiger partial charge in [-0.25, -0.2) is 4.98 Å². The van der Waals surface area contributed by atoms with Gasteiger partial charge in [0.05, 0.1) is 11.2 Å². The van der Waals surface area contributed by atoms with Crippen molar-refractivity contribution in [2.24, 2.45) is 0 Å². The SMILES string of the molecule is Cc1[n-]c2c(-c3cc(-c4ccc5ccccc5c4)cc(-c4[c-]c(-n5c6ccccc6c6cccnc65)ccc4)n3)cccc2c1C.[Pt+2]. The number of hydrogen-bond acceptors (Lipinski definition) is 2. The summed E-state index contributed by atoms with van der Waals surface area (Å²) in [6.07, 6.45) is 1.85. The van der Waals surface area contributed by atoms with E-state index in [0.29, 0.717) is 0 Å². The molecule has 0 bridgehead atoms.